The van der Waals surface area contributed by atoms with Gasteiger partial charge in [-0.15, -0.1) is 11.3 Å². The van der Waals surface area contributed by atoms with E-state index in [0.29, 0.717) is 10.8 Å². The van der Waals surface area contributed by atoms with Gasteiger partial charge in [-0.2, -0.15) is 0 Å². The fourth-order valence-corrected chi connectivity index (χ4v) is 3.93. The molecule has 0 saturated carbocycles. The highest BCUT2D eigenvalue weighted by molar-refractivity contribution is 8.01. The Balaban J connectivity index is 1.59. The smallest absolute Gasteiger partial charge is 0.234 e. The molecular weight excluding hydrogens is 360 g/mol. The number of carbonyl (C=O) groups is 1. The lowest BCUT2D eigenvalue weighted by Gasteiger charge is -2.08. The summed E-state index contributed by atoms with van der Waals surface area (Å²) in [5.74, 6) is 0.245. The van der Waals surface area contributed by atoms with Gasteiger partial charge in [0.15, 0.2) is 4.34 Å². The number of nitrogens with one attached hydrogen (secondary N) is 1. The van der Waals surface area contributed by atoms with Crippen LogP contribution in [0.15, 0.2) is 58.3 Å². The van der Waals surface area contributed by atoms with Crippen LogP contribution in [-0.4, -0.2) is 16.6 Å². The molecule has 1 amide bonds. The van der Waals surface area contributed by atoms with E-state index in [1.807, 2.05) is 60.8 Å². The number of rotatable bonds is 5. The second-order valence-electron chi connectivity index (χ2n) is 5.11. The Morgan fingerprint density at radius 3 is 2.79 bits per heavy atom. The summed E-state index contributed by atoms with van der Waals surface area (Å²) in [5, 5.41) is 5.55. The molecule has 0 radical (unpaired) electrons. The van der Waals surface area contributed by atoms with Gasteiger partial charge in [0.1, 0.15) is 0 Å². The molecule has 0 aliphatic rings. The third kappa shape index (κ3) is 4.17. The predicted octanol–water partition coefficient (Wildman–Crippen LogP) is 5.50. The van der Waals surface area contributed by atoms with Gasteiger partial charge in [-0.3, -0.25) is 4.79 Å². The number of hydrogen-bond donors (Lipinski definition) is 1. The fraction of sp³-hybridized carbons (Fsp3) is 0.111. The van der Waals surface area contributed by atoms with Crippen molar-refractivity contribution in [1.82, 2.24) is 4.98 Å². The van der Waals surface area contributed by atoms with Gasteiger partial charge in [0.2, 0.25) is 5.91 Å². The number of thiazole rings is 1. The van der Waals surface area contributed by atoms with Crippen LogP contribution in [-0.2, 0) is 4.79 Å². The number of aromatic nitrogens is 1. The van der Waals surface area contributed by atoms with Crippen LogP contribution in [0.4, 0.5) is 5.69 Å². The van der Waals surface area contributed by atoms with Crippen LogP contribution >= 0.6 is 34.7 Å². The normalized spacial score (nSPS) is 10.6. The first-order valence-corrected chi connectivity index (χ1v) is 9.56. The maximum atomic E-state index is 12.1. The van der Waals surface area contributed by atoms with Crippen molar-refractivity contribution < 1.29 is 4.79 Å². The third-order valence-corrected chi connectivity index (χ3v) is 5.85. The highest BCUT2D eigenvalue weighted by Gasteiger charge is 2.10. The molecule has 3 rings (SSSR count). The second kappa shape index (κ2) is 7.83. The molecule has 1 N–H and O–H groups in total. The zero-order chi connectivity index (χ0) is 16.9. The Morgan fingerprint density at radius 2 is 2.00 bits per heavy atom. The predicted molar refractivity (Wildman–Crippen MR) is 103 cm³/mol. The Hall–Kier alpha value is -1.82. The quantitative estimate of drug-likeness (QED) is 0.599. The number of halogens is 1. The Bertz CT molecular complexity index is 849. The van der Waals surface area contributed by atoms with E-state index in [-0.39, 0.29) is 5.91 Å². The summed E-state index contributed by atoms with van der Waals surface area (Å²) in [6.07, 6.45) is 0. The van der Waals surface area contributed by atoms with Crippen molar-refractivity contribution in [3.05, 3.63) is 64.5 Å². The molecule has 6 heteroatoms. The average Bonchev–Trinajstić information content (AvgIpc) is 3.07. The number of nitrogens with zero attached hydrogens (tertiary/aromatic N) is 1. The van der Waals surface area contributed by atoms with E-state index in [2.05, 4.69) is 10.3 Å². The summed E-state index contributed by atoms with van der Waals surface area (Å²) in [4.78, 5) is 16.7. The van der Waals surface area contributed by atoms with Gasteiger partial charge >= 0.3 is 0 Å². The van der Waals surface area contributed by atoms with Crippen LogP contribution < -0.4 is 5.32 Å². The van der Waals surface area contributed by atoms with Crippen LogP contribution in [0.25, 0.3) is 11.3 Å². The minimum atomic E-state index is -0.0678. The van der Waals surface area contributed by atoms with Crippen molar-refractivity contribution in [3.63, 3.8) is 0 Å². The summed E-state index contributed by atoms with van der Waals surface area (Å²) in [6.45, 7) is 1.89. The Labute approximate surface area is 154 Å². The van der Waals surface area contributed by atoms with E-state index >= 15 is 0 Å². The standard InChI is InChI=1S/C18H15ClN2OS2/c1-12-14(19)8-5-9-15(12)20-17(22)11-24-18-21-16(10-23-18)13-6-3-2-4-7-13/h2-10H,11H2,1H3,(H,20,22). The monoisotopic (exact) mass is 374 g/mol. The zero-order valence-corrected chi connectivity index (χ0v) is 15.3. The average molecular weight is 375 g/mol. The van der Waals surface area contributed by atoms with E-state index in [1.54, 1.807) is 11.3 Å². The van der Waals surface area contributed by atoms with Crippen LogP contribution in [0.1, 0.15) is 5.56 Å². The summed E-state index contributed by atoms with van der Waals surface area (Å²) >= 11 is 9.05. The number of hydrogen-bond acceptors (Lipinski definition) is 4. The van der Waals surface area contributed by atoms with Gasteiger partial charge < -0.3 is 5.32 Å². The minimum absolute atomic E-state index is 0.0678. The van der Waals surface area contributed by atoms with Crippen molar-refractivity contribution in [3.8, 4) is 11.3 Å². The van der Waals surface area contributed by atoms with E-state index in [1.165, 1.54) is 11.8 Å². The van der Waals surface area contributed by atoms with E-state index in [9.17, 15) is 4.79 Å². The van der Waals surface area contributed by atoms with Gasteiger partial charge in [-0.1, -0.05) is 59.8 Å². The lowest BCUT2D eigenvalue weighted by atomic mass is 10.2. The van der Waals surface area contributed by atoms with Gasteiger partial charge in [0.05, 0.1) is 11.4 Å². The number of thioether (sulfide) groups is 1. The van der Waals surface area contributed by atoms with Gasteiger partial charge in [0, 0.05) is 21.7 Å². The van der Waals surface area contributed by atoms with Gasteiger partial charge in [-0.25, -0.2) is 4.98 Å². The maximum Gasteiger partial charge on any atom is 0.234 e. The van der Waals surface area contributed by atoms with Crippen molar-refractivity contribution in [2.24, 2.45) is 0 Å². The molecule has 24 heavy (non-hydrogen) atoms. The van der Waals surface area contributed by atoms with E-state index < -0.39 is 0 Å². The minimum Gasteiger partial charge on any atom is -0.325 e. The molecule has 0 saturated heterocycles. The maximum absolute atomic E-state index is 12.1. The third-order valence-electron chi connectivity index (χ3n) is 3.42. The lowest BCUT2D eigenvalue weighted by molar-refractivity contribution is -0.113. The zero-order valence-electron chi connectivity index (χ0n) is 13.0. The molecule has 0 bridgehead atoms. The molecular formula is C18H15ClN2OS2. The highest BCUT2D eigenvalue weighted by Crippen LogP contribution is 2.28. The molecule has 0 aliphatic carbocycles. The highest BCUT2D eigenvalue weighted by atomic mass is 35.5. The second-order valence-corrected chi connectivity index (χ2v) is 7.60. The Kier molecular flexibility index (Phi) is 5.56. The molecule has 1 aromatic heterocycles. The first-order chi connectivity index (χ1) is 11.6. The molecule has 1 heterocycles. The molecule has 122 valence electrons. The fourth-order valence-electron chi connectivity index (χ4n) is 2.12. The SMILES string of the molecule is Cc1c(Cl)cccc1NC(=O)CSc1nc(-c2ccccc2)cs1. The van der Waals surface area contributed by atoms with Gasteiger partial charge in [-0.05, 0) is 24.6 Å². The van der Waals surface area contributed by atoms with Crippen molar-refractivity contribution >= 4 is 46.3 Å². The largest absolute Gasteiger partial charge is 0.325 e. The van der Waals surface area contributed by atoms with Crippen LogP contribution in [0.2, 0.25) is 5.02 Å². The number of benzene rings is 2. The molecule has 0 unspecified atom stereocenters. The van der Waals surface area contributed by atoms with Crippen molar-refractivity contribution in [2.75, 3.05) is 11.1 Å². The first kappa shape index (κ1) is 17.0. The molecule has 0 fully saturated rings. The molecule has 0 spiro atoms. The number of amides is 1. The topological polar surface area (TPSA) is 42.0 Å². The molecule has 2 aromatic carbocycles. The van der Waals surface area contributed by atoms with Crippen molar-refractivity contribution in [1.29, 1.82) is 0 Å². The van der Waals surface area contributed by atoms with E-state index in [0.717, 1.165) is 26.8 Å². The molecule has 3 nitrogen and oxygen atoms in total. The molecule has 0 aliphatic heterocycles. The van der Waals surface area contributed by atoms with E-state index in [4.69, 9.17) is 11.6 Å². The number of anilines is 1. The molecule has 3 aromatic rings. The number of carbonyl (C=O) groups excluding carboxylic acids is 1. The first-order valence-electron chi connectivity index (χ1n) is 7.32. The lowest BCUT2D eigenvalue weighted by Crippen LogP contribution is -2.14. The van der Waals surface area contributed by atoms with Gasteiger partial charge in [0.25, 0.3) is 0 Å². The summed E-state index contributed by atoms with van der Waals surface area (Å²) in [7, 11) is 0. The van der Waals surface area contributed by atoms with Crippen LogP contribution in [0, 0.1) is 6.92 Å². The summed E-state index contributed by atoms with van der Waals surface area (Å²) in [5.41, 5.74) is 3.64. The van der Waals surface area contributed by atoms with Crippen molar-refractivity contribution in [2.45, 2.75) is 11.3 Å². The van der Waals surface area contributed by atoms with Crippen LogP contribution in [0.3, 0.4) is 0 Å². The Morgan fingerprint density at radius 1 is 1.21 bits per heavy atom. The molecule has 0 atom stereocenters. The summed E-state index contributed by atoms with van der Waals surface area (Å²) in [6, 6.07) is 15.5. The summed E-state index contributed by atoms with van der Waals surface area (Å²) < 4.78 is 0.881. The van der Waals surface area contributed by atoms with Crippen LogP contribution in [0.5, 0.6) is 0 Å².